The van der Waals surface area contributed by atoms with Crippen molar-refractivity contribution < 1.29 is 13.2 Å². The molecule has 7 heteroatoms. The third-order valence-electron chi connectivity index (χ3n) is 3.25. The van der Waals surface area contributed by atoms with Gasteiger partial charge in [0.2, 0.25) is 0 Å². The first-order valence-electron chi connectivity index (χ1n) is 6.85. The van der Waals surface area contributed by atoms with Crippen molar-refractivity contribution in [3.8, 4) is 0 Å². The number of aromatic nitrogens is 1. The summed E-state index contributed by atoms with van der Waals surface area (Å²) < 4.78 is 22.1. The van der Waals surface area contributed by atoms with Crippen LogP contribution in [-0.2, 0) is 9.84 Å². The Kier molecular flexibility index (Phi) is 5.71. The molecule has 118 valence electrons. The molecule has 0 aliphatic carbocycles. The fraction of sp³-hybridized carbons (Fsp3) is 0.571. The van der Waals surface area contributed by atoms with Gasteiger partial charge in [-0.3, -0.25) is 4.79 Å². The molecule has 0 aliphatic heterocycles. The number of anilines is 1. The van der Waals surface area contributed by atoms with Gasteiger partial charge < -0.3 is 10.6 Å². The molecule has 0 fully saturated rings. The number of hydrogen-bond donors (Lipinski definition) is 2. The minimum atomic E-state index is -3.24. The molecule has 21 heavy (non-hydrogen) atoms. The minimum absolute atomic E-state index is 0.0438. The van der Waals surface area contributed by atoms with Crippen LogP contribution in [0.5, 0.6) is 0 Å². The molecule has 6 nitrogen and oxygen atoms in total. The summed E-state index contributed by atoms with van der Waals surface area (Å²) in [5.41, 5.74) is 1.12. The van der Waals surface area contributed by atoms with Crippen LogP contribution >= 0.6 is 0 Å². The number of nitrogens with zero attached hydrogens (tertiary/aromatic N) is 1. The van der Waals surface area contributed by atoms with Gasteiger partial charge in [-0.25, -0.2) is 13.4 Å². The van der Waals surface area contributed by atoms with Crippen LogP contribution in [0.1, 0.15) is 37.7 Å². The van der Waals surface area contributed by atoms with Gasteiger partial charge in [-0.05, 0) is 32.4 Å². The zero-order chi connectivity index (χ0) is 16.1. The Labute approximate surface area is 126 Å². The van der Waals surface area contributed by atoms with E-state index in [1.54, 1.807) is 32.2 Å². The average Bonchev–Trinajstić information content (AvgIpc) is 2.42. The minimum Gasteiger partial charge on any atom is -0.384 e. The number of carbonyl (C=O) groups is 1. The molecule has 0 radical (unpaired) electrons. The zero-order valence-electron chi connectivity index (χ0n) is 12.9. The van der Waals surface area contributed by atoms with Crippen LogP contribution in [0.15, 0.2) is 18.3 Å². The molecule has 0 saturated heterocycles. The van der Waals surface area contributed by atoms with Gasteiger partial charge in [0.25, 0.3) is 5.91 Å². The summed E-state index contributed by atoms with van der Waals surface area (Å²) in [5, 5.41) is 5.77. The number of nitrogens with one attached hydrogen (secondary N) is 2. The van der Waals surface area contributed by atoms with Crippen LogP contribution in [0.25, 0.3) is 0 Å². The van der Waals surface area contributed by atoms with Crippen molar-refractivity contribution in [2.75, 3.05) is 24.7 Å². The molecular formula is C14H23N3O3S. The van der Waals surface area contributed by atoms with E-state index in [1.165, 1.54) is 0 Å². The Morgan fingerprint density at radius 2 is 2.00 bits per heavy atom. The van der Waals surface area contributed by atoms with Crippen molar-refractivity contribution in [2.24, 2.45) is 0 Å². The number of carbonyl (C=O) groups excluding carboxylic acids is 1. The van der Waals surface area contributed by atoms with Crippen LogP contribution in [0.4, 0.5) is 5.69 Å². The lowest BCUT2D eigenvalue weighted by molar-refractivity contribution is 0.0945. The summed E-state index contributed by atoms with van der Waals surface area (Å²) in [4.78, 5) is 16.0. The van der Waals surface area contributed by atoms with Gasteiger partial charge in [0.15, 0.2) is 9.84 Å². The Balaban J connectivity index is 2.64. The second-order valence-electron chi connectivity index (χ2n) is 5.57. The molecule has 0 spiro atoms. The maximum Gasteiger partial charge on any atom is 0.269 e. The zero-order valence-corrected chi connectivity index (χ0v) is 13.8. The van der Waals surface area contributed by atoms with Crippen LogP contribution in [0, 0.1) is 0 Å². The Morgan fingerprint density at radius 3 is 2.48 bits per heavy atom. The predicted octanol–water partition coefficient (Wildman–Crippen LogP) is 1.46. The van der Waals surface area contributed by atoms with Crippen LogP contribution < -0.4 is 10.6 Å². The molecule has 1 aromatic rings. The molecule has 1 heterocycles. The van der Waals surface area contributed by atoms with Crippen LogP contribution in [0.2, 0.25) is 0 Å². The lowest BCUT2D eigenvalue weighted by Crippen LogP contribution is -2.43. The number of hydrogen-bond acceptors (Lipinski definition) is 5. The van der Waals surface area contributed by atoms with Crippen molar-refractivity contribution in [1.29, 1.82) is 0 Å². The molecule has 1 rings (SSSR count). The highest BCUT2D eigenvalue weighted by Gasteiger charge is 2.30. The summed E-state index contributed by atoms with van der Waals surface area (Å²) in [6, 6.07) is 3.39. The van der Waals surface area contributed by atoms with Gasteiger partial charge in [0, 0.05) is 19.3 Å². The third kappa shape index (κ3) is 5.00. The van der Waals surface area contributed by atoms with E-state index in [0.717, 1.165) is 24.9 Å². The Hall–Kier alpha value is -1.63. The molecule has 0 atom stereocenters. The number of rotatable bonds is 7. The van der Waals surface area contributed by atoms with E-state index in [4.69, 9.17) is 0 Å². The van der Waals surface area contributed by atoms with Crippen molar-refractivity contribution in [1.82, 2.24) is 10.3 Å². The number of sulfone groups is 1. The van der Waals surface area contributed by atoms with Gasteiger partial charge in [-0.2, -0.15) is 0 Å². The quantitative estimate of drug-likeness (QED) is 0.795. The first-order chi connectivity index (χ1) is 9.67. The SMILES string of the molecule is CCCNc1ccc(C(=O)NCC(C)(C)S(C)(=O)=O)nc1. The van der Waals surface area contributed by atoms with E-state index in [-0.39, 0.29) is 18.1 Å². The molecule has 2 N–H and O–H groups in total. The highest BCUT2D eigenvalue weighted by atomic mass is 32.2. The van der Waals surface area contributed by atoms with Gasteiger partial charge in [0.1, 0.15) is 5.69 Å². The van der Waals surface area contributed by atoms with Gasteiger partial charge in [0.05, 0.1) is 16.6 Å². The Bertz CT molecular complexity index is 580. The summed E-state index contributed by atoms with van der Waals surface area (Å²) in [5.74, 6) is -0.381. The number of amides is 1. The number of pyridine rings is 1. The topological polar surface area (TPSA) is 88.2 Å². The van der Waals surface area contributed by atoms with Crippen molar-refractivity contribution >= 4 is 21.4 Å². The van der Waals surface area contributed by atoms with Crippen molar-refractivity contribution in [3.63, 3.8) is 0 Å². The highest BCUT2D eigenvalue weighted by molar-refractivity contribution is 7.92. The second kappa shape index (κ2) is 6.89. The van der Waals surface area contributed by atoms with Crippen molar-refractivity contribution in [2.45, 2.75) is 31.9 Å². The molecule has 1 amide bonds. The lowest BCUT2D eigenvalue weighted by atomic mass is 10.2. The highest BCUT2D eigenvalue weighted by Crippen LogP contribution is 2.13. The van der Waals surface area contributed by atoms with Gasteiger partial charge >= 0.3 is 0 Å². The molecule has 0 aliphatic rings. The van der Waals surface area contributed by atoms with E-state index < -0.39 is 14.6 Å². The van der Waals surface area contributed by atoms with E-state index in [9.17, 15) is 13.2 Å². The molecule has 0 bridgehead atoms. The standard InChI is InChI=1S/C14H23N3O3S/c1-5-8-15-11-6-7-12(16-9-11)13(18)17-10-14(2,3)21(4,19)20/h6-7,9,15H,5,8,10H2,1-4H3,(H,17,18). The monoisotopic (exact) mass is 313 g/mol. The maximum absolute atomic E-state index is 12.0. The first-order valence-corrected chi connectivity index (χ1v) is 8.74. The normalized spacial score (nSPS) is 12.0. The first kappa shape index (κ1) is 17.4. The van der Waals surface area contributed by atoms with Crippen LogP contribution in [-0.4, -0.2) is 43.4 Å². The fourth-order valence-corrected chi connectivity index (χ4v) is 1.75. The van der Waals surface area contributed by atoms with E-state index in [1.807, 2.05) is 0 Å². The fourth-order valence-electron chi connectivity index (χ4n) is 1.42. The predicted molar refractivity (Wildman–Crippen MR) is 84.3 cm³/mol. The summed E-state index contributed by atoms with van der Waals surface area (Å²) in [6.45, 7) is 6.10. The van der Waals surface area contributed by atoms with Crippen LogP contribution in [0.3, 0.4) is 0 Å². The molecule has 0 saturated carbocycles. The van der Waals surface area contributed by atoms with Crippen molar-refractivity contribution in [3.05, 3.63) is 24.0 Å². The lowest BCUT2D eigenvalue weighted by Gasteiger charge is -2.22. The summed E-state index contributed by atoms with van der Waals surface area (Å²) in [6.07, 6.45) is 3.75. The smallest absolute Gasteiger partial charge is 0.269 e. The third-order valence-corrected chi connectivity index (χ3v) is 5.41. The molecule has 1 aromatic heterocycles. The molecular weight excluding hydrogens is 290 g/mol. The van der Waals surface area contributed by atoms with E-state index in [0.29, 0.717) is 0 Å². The maximum atomic E-state index is 12.0. The largest absolute Gasteiger partial charge is 0.384 e. The average molecular weight is 313 g/mol. The van der Waals surface area contributed by atoms with Gasteiger partial charge in [-0.1, -0.05) is 6.92 Å². The summed E-state index contributed by atoms with van der Waals surface area (Å²) in [7, 11) is -3.24. The molecule has 0 unspecified atom stereocenters. The Morgan fingerprint density at radius 1 is 1.33 bits per heavy atom. The summed E-state index contributed by atoms with van der Waals surface area (Å²) >= 11 is 0. The molecule has 0 aromatic carbocycles. The van der Waals surface area contributed by atoms with E-state index in [2.05, 4.69) is 22.5 Å². The second-order valence-corrected chi connectivity index (χ2v) is 8.22. The van der Waals surface area contributed by atoms with Gasteiger partial charge in [-0.15, -0.1) is 0 Å². The van der Waals surface area contributed by atoms with E-state index >= 15 is 0 Å².